The number of hydrogen-bond donors (Lipinski definition) is 0. The minimum Gasteiger partial charge on any atom is -0.493 e. The zero-order valence-corrected chi connectivity index (χ0v) is 24.9. The summed E-state index contributed by atoms with van der Waals surface area (Å²) in [6, 6.07) is 16.6. The maximum absolute atomic E-state index is 12.7. The Kier molecular flexibility index (Phi) is 6.34. The van der Waals surface area contributed by atoms with Gasteiger partial charge in [0.05, 0.1) is 42.1 Å². The van der Waals surface area contributed by atoms with Crippen molar-refractivity contribution in [3.63, 3.8) is 0 Å². The van der Waals surface area contributed by atoms with E-state index in [1.807, 2.05) is 48.7 Å². The molecule has 4 aromatic rings. The third-order valence-corrected chi connectivity index (χ3v) is 8.81. The van der Waals surface area contributed by atoms with Crippen molar-refractivity contribution in [1.29, 1.82) is 0 Å². The smallest absolute Gasteiger partial charge is 0.410 e. The summed E-state index contributed by atoms with van der Waals surface area (Å²) in [6.45, 7) is 13.4. The molecule has 3 aliphatic heterocycles. The first-order valence-electron chi connectivity index (χ1n) is 14.9. The molecular formula is C33H39N5O4. The number of fused-ring (bicyclic) bond motifs is 2. The Morgan fingerprint density at radius 3 is 2.67 bits per heavy atom. The summed E-state index contributed by atoms with van der Waals surface area (Å²) in [6.07, 6.45) is 3.67. The van der Waals surface area contributed by atoms with Gasteiger partial charge in [-0.3, -0.25) is 4.57 Å². The predicted molar refractivity (Wildman–Crippen MR) is 162 cm³/mol. The van der Waals surface area contributed by atoms with Crippen LogP contribution in [0.15, 0.2) is 54.9 Å². The summed E-state index contributed by atoms with van der Waals surface area (Å²) < 4.78 is 19.1. The van der Waals surface area contributed by atoms with Gasteiger partial charge in [0.2, 0.25) is 0 Å². The Hall–Kier alpha value is -3.85. The zero-order chi connectivity index (χ0) is 29.1. The van der Waals surface area contributed by atoms with Gasteiger partial charge in [-0.05, 0) is 63.9 Å². The third kappa shape index (κ3) is 5.04. The van der Waals surface area contributed by atoms with Crippen molar-refractivity contribution >= 4 is 33.7 Å². The highest BCUT2D eigenvalue weighted by molar-refractivity contribution is 5.92. The standard InChI is InChI=1S/C33H39N5O4/c1-31(2,3)42-30(39)37-15-13-33(18-37)12-14-36(17-33)27-7-5-6-23-8-11-28(35-29(23)27)38-22-34-25-16-24(9-10-26(25)38)41-21-32(4)19-40-20-32/h5-11,16,22H,12-15,17-21H2,1-4H3. The first-order chi connectivity index (χ1) is 20.1. The van der Waals surface area contributed by atoms with E-state index < -0.39 is 5.60 Å². The van der Waals surface area contributed by atoms with Gasteiger partial charge < -0.3 is 24.0 Å². The van der Waals surface area contributed by atoms with Crippen LogP contribution in [0.3, 0.4) is 0 Å². The van der Waals surface area contributed by atoms with Crippen molar-refractivity contribution in [1.82, 2.24) is 19.4 Å². The second-order valence-corrected chi connectivity index (χ2v) is 13.7. The number of carbonyl (C=O) groups excluding carboxylic acids is 1. The maximum Gasteiger partial charge on any atom is 0.410 e. The lowest BCUT2D eigenvalue weighted by Gasteiger charge is -2.37. The molecule has 220 valence electrons. The average Bonchev–Trinajstić information content (AvgIpc) is 3.68. The van der Waals surface area contributed by atoms with E-state index in [1.54, 1.807) is 0 Å². The van der Waals surface area contributed by atoms with Crippen LogP contribution in [0.1, 0.15) is 40.5 Å². The number of pyridine rings is 1. The molecule has 1 unspecified atom stereocenters. The van der Waals surface area contributed by atoms with E-state index in [2.05, 4.69) is 53.2 Å². The second kappa shape index (κ2) is 9.87. The van der Waals surface area contributed by atoms with Crippen LogP contribution in [-0.4, -0.2) is 77.1 Å². The number of ether oxygens (including phenoxy) is 3. The van der Waals surface area contributed by atoms with Gasteiger partial charge >= 0.3 is 6.09 Å². The average molecular weight is 570 g/mol. The van der Waals surface area contributed by atoms with Crippen LogP contribution in [-0.2, 0) is 9.47 Å². The van der Waals surface area contributed by atoms with E-state index >= 15 is 0 Å². The highest BCUT2D eigenvalue weighted by Gasteiger charge is 2.46. The lowest BCUT2D eigenvalue weighted by Crippen LogP contribution is -2.44. The molecule has 3 fully saturated rings. The van der Waals surface area contributed by atoms with E-state index in [0.29, 0.717) is 6.61 Å². The first-order valence-corrected chi connectivity index (χ1v) is 14.9. The molecule has 7 rings (SSSR count). The highest BCUT2D eigenvalue weighted by Crippen LogP contribution is 2.43. The lowest BCUT2D eigenvalue weighted by atomic mass is 9.86. The van der Waals surface area contributed by atoms with E-state index in [0.717, 1.165) is 91.4 Å². The number of anilines is 1. The number of rotatable bonds is 5. The second-order valence-electron chi connectivity index (χ2n) is 13.7. The molecular weight excluding hydrogens is 530 g/mol. The largest absolute Gasteiger partial charge is 0.493 e. The van der Waals surface area contributed by atoms with E-state index in [-0.39, 0.29) is 16.9 Å². The molecule has 1 atom stereocenters. The van der Waals surface area contributed by atoms with Gasteiger partial charge in [-0.2, -0.15) is 0 Å². The van der Waals surface area contributed by atoms with Crippen LogP contribution in [0, 0.1) is 10.8 Å². The summed E-state index contributed by atoms with van der Waals surface area (Å²) in [5.74, 6) is 1.64. The summed E-state index contributed by atoms with van der Waals surface area (Å²) in [7, 11) is 0. The summed E-state index contributed by atoms with van der Waals surface area (Å²) >= 11 is 0. The molecule has 0 saturated carbocycles. The first kappa shape index (κ1) is 27.0. The van der Waals surface area contributed by atoms with Crippen molar-refractivity contribution in [2.45, 2.75) is 46.1 Å². The van der Waals surface area contributed by atoms with Gasteiger partial charge in [0.15, 0.2) is 0 Å². The van der Waals surface area contributed by atoms with Crippen molar-refractivity contribution in [3.8, 4) is 11.6 Å². The molecule has 3 saturated heterocycles. The Balaban J connectivity index is 1.12. The van der Waals surface area contributed by atoms with Crippen molar-refractivity contribution < 1.29 is 19.0 Å². The number of aromatic nitrogens is 3. The molecule has 1 amide bonds. The van der Waals surface area contributed by atoms with E-state index in [1.165, 1.54) is 0 Å². The Morgan fingerprint density at radius 2 is 1.88 bits per heavy atom. The Morgan fingerprint density at radius 1 is 1.05 bits per heavy atom. The molecule has 0 aliphatic carbocycles. The molecule has 2 aromatic carbocycles. The molecule has 0 bridgehead atoms. The molecule has 9 nitrogen and oxygen atoms in total. The van der Waals surface area contributed by atoms with Gasteiger partial charge in [0.25, 0.3) is 0 Å². The number of para-hydroxylation sites is 1. The minimum absolute atomic E-state index is 0.0834. The van der Waals surface area contributed by atoms with Gasteiger partial charge in [0.1, 0.15) is 23.5 Å². The van der Waals surface area contributed by atoms with Crippen LogP contribution in [0.2, 0.25) is 0 Å². The quantitative estimate of drug-likeness (QED) is 0.299. The monoisotopic (exact) mass is 569 g/mol. The zero-order valence-electron chi connectivity index (χ0n) is 24.9. The topological polar surface area (TPSA) is 82.0 Å². The number of carbonyl (C=O) groups is 1. The lowest BCUT2D eigenvalue weighted by molar-refractivity contribution is -0.120. The van der Waals surface area contributed by atoms with Crippen LogP contribution in [0.4, 0.5) is 10.5 Å². The fourth-order valence-electron chi connectivity index (χ4n) is 6.46. The Labute approximate surface area is 246 Å². The molecule has 0 radical (unpaired) electrons. The molecule has 9 heteroatoms. The van der Waals surface area contributed by atoms with Crippen LogP contribution >= 0.6 is 0 Å². The number of imidazole rings is 1. The number of nitrogens with zero attached hydrogens (tertiary/aromatic N) is 5. The molecule has 5 heterocycles. The third-order valence-electron chi connectivity index (χ3n) is 8.81. The normalized spacial score (nSPS) is 21.8. The SMILES string of the molecule is CC1(COc2ccc3c(c2)ncn3-c2ccc3cccc(N4CCC5(CCN(C(=O)OC(C)(C)C)C5)C4)c3n2)COC1. The van der Waals surface area contributed by atoms with Gasteiger partial charge in [0, 0.05) is 48.5 Å². The minimum atomic E-state index is -0.485. The number of likely N-dealkylation sites (tertiary alicyclic amines) is 1. The molecule has 3 aliphatic rings. The maximum atomic E-state index is 12.7. The fraction of sp³-hybridized carbons (Fsp3) is 0.485. The summed E-state index contributed by atoms with van der Waals surface area (Å²) in [5, 5.41) is 1.10. The summed E-state index contributed by atoms with van der Waals surface area (Å²) in [4.78, 5) is 26.9. The van der Waals surface area contributed by atoms with Crippen molar-refractivity contribution in [2.24, 2.45) is 10.8 Å². The Bertz CT molecular complexity index is 1660. The van der Waals surface area contributed by atoms with Crippen molar-refractivity contribution in [3.05, 3.63) is 54.9 Å². The van der Waals surface area contributed by atoms with Crippen LogP contribution in [0.25, 0.3) is 27.8 Å². The molecule has 2 aromatic heterocycles. The molecule has 1 spiro atoms. The molecule has 0 N–H and O–H groups in total. The number of amides is 1. The van der Waals surface area contributed by atoms with Gasteiger partial charge in [-0.1, -0.05) is 19.1 Å². The highest BCUT2D eigenvalue weighted by atomic mass is 16.6. The number of benzene rings is 2. The van der Waals surface area contributed by atoms with Crippen molar-refractivity contribution in [2.75, 3.05) is 50.9 Å². The molecule has 42 heavy (non-hydrogen) atoms. The van der Waals surface area contributed by atoms with Gasteiger partial charge in [-0.25, -0.2) is 14.8 Å². The fourth-order valence-corrected chi connectivity index (χ4v) is 6.46. The van der Waals surface area contributed by atoms with E-state index in [4.69, 9.17) is 19.2 Å². The number of hydrogen-bond acceptors (Lipinski definition) is 7. The summed E-state index contributed by atoms with van der Waals surface area (Å²) in [5.41, 5.74) is 3.66. The predicted octanol–water partition coefficient (Wildman–Crippen LogP) is 5.83. The van der Waals surface area contributed by atoms with E-state index in [9.17, 15) is 4.79 Å². The van der Waals surface area contributed by atoms with Crippen LogP contribution < -0.4 is 9.64 Å². The van der Waals surface area contributed by atoms with Crippen LogP contribution in [0.5, 0.6) is 5.75 Å². The van der Waals surface area contributed by atoms with Gasteiger partial charge in [-0.15, -0.1) is 0 Å².